The largest absolute Gasteiger partial charge is 0.477 e. The molecule has 4 heteroatoms. The zero-order chi connectivity index (χ0) is 15.6. The first-order chi connectivity index (χ1) is 9.89. The third-order valence-electron chi connectivity index (χ3n) is 4.40. The Hall–Kier alpha value is -1.55. The number of carbonyl (C=O) groups excluding carboxylic acids is 1. The van der Waals surface area contributed by atoms with E-state index in [0.717, 1.165) is 17.7 Å². The molecule has 0 bridgehead atoms. The van der Waals surface area contributed by atoms with Gasteiger partial charge in [0.2, 0.25) is 0 Å². The van der Waals surface area contributed by atoms with Crippen LogP contribution in [0.15, 0.2) is 6.07 Å². The van der Waals surface area contributed by atoms with E-state index in [4.69, 9.17) is 9.84 Å². The zero-order valence-corrected chi connectivity index (χ0v) is 13.4. The van der Waals surface area contributed by atoms with Crippen molar-refractivity contribution in [3.8, 4) is 5.75 Å². The number of hydrogen-bond acceptors (Lipinski definition) is 3. The van der Waals surface area contributed by atoms with Crippen molar-refractivity contribution < 1.29 is 14.6 Å². The Morgan fingerprint density at radius 1 is 1.38 bits per heavy atom. The molecule has 1 heterocycles. The summed E-state index contributed by atoms with van der Waals surface area (Å²) in [5.41, 5.74) is 3.93. The average Bonchev–Trinajstić information content (AvgIpc) is 2.45. The lowest BCUT2D eigenvalue weighted by Gasteiger charge is -2.36. The van der Waals surface area contributed by atoms with Crippen molar-refractivity contribution in [2.24, 2.45) is 0 Å². The van der Waals surface area contributed by atoms with Gasteiger partial charge < -0.3 is 15.2 Å². The number of aliphatic hydroxyl groups is 1. The van der Waals surface area contributed by atoms with Crippen LogP contribution < -0.4 is 10.1 Å². The van der Waals surface area contributed by atoms with Crippen molar-refractivity contribution >= 4 is 5.91 Å². The predicted octanol–water partition coefficient (Wildman–Crippen LogP) is 2.19. The topological polar surface area (TPSA) is 58.6 Å². The van der Waals surface area contributed by atoms with Gasteiger partial charge in [0, 0.05) is 19.6 Å². The fraction of sp³-hybridized carbons (Fsp3) is 0.588. The van der Waals surface area contributed by atoms with Crippen molar-refractivity contribution in [1.82, 2.24) is 5.32 Å². The van der Waals surface area contributed by atoms with Gasteiger partial charge in [-0.25, -0.2) is 0 Å². The predicted molar refractivity (Wildman–Crippen MR) is 82.7 cm³/mol. The number of ether oxygens (including phenoxy) is 1. The maximum Gasteiger partial charge on any atom is 0.263 e. The minimum absolute atomic E-state index is 0.0815. The Morgan fingerprint density at radius 2 is 2.10 bits per heavy atom. The number of hydrogen-bond donors (Lipinski definition) is 2. The summed E-state index contributed by atoms with van der Waals surface area (Å²) in [6.45, 7) is 8.62. The summed E-state index contributed by atoms with van der Waals surface area (Å²) in [4.78, 5) is 12.4. The smallest absolute Gasteiger partial charge is 0.263 e. The molecule has 1 aliphatic rings. The van der Waals surface area contributed by atoms with Gasteiger partial charge >= 0.3 is 0 Å². The molecule has 1 atom stereocenters. The second kappa shape index (κ2) is 6.06. The van der Waals surface area contributed by atoms with Crippen LogP contribution in [-0.4, -0.2) is 29.8 Å². The van der Waals surface area contributed by atoms with Gasteiger partial charge in [-0.1, -0.05) is 6.07 Å². The summed E-state index contributed by atoms with van der Waals surface area (Å²) >= 11 is 0. The molecule has 0 saturated heterocycles. The van der Waals surface area contributed by atoms with Crippen LogP contribution in [-0.2, 0) is 11.2 Å². The van der Waals surface area contributed by atoms with Gasteiger partial charge in [-0.15, -0.1) is 0 Å². The molecule has 2 rings (SSSR count). The van der Waals surface area contributed by atoms with Gasteiger partial charge in [0.15, 0.2) is 5.60 Å². The summed E-state index contributed by atoms with van der Waals surface area (Å²) in [6.07, 6.45) is 2.09. The molecule has 0 aliphatic carbocycles. The van der Waals surface area contributed by atoms with E-state index in [1.165, 1.54) is 16.7 Å². The number of benzene rings is 1. The molecule has 4 nitrogen and oxygen atoms in total. The monoisotopic (exact) mass is 291 g/mol. The normalized spacial score (nSPS) is 20.6. The highest BCUT2D eigenvalue weighted by atomic mass is 16.5. The number of aliphatic hydroxyl groups excluding tert-OH is 1. The van der Waals surface area contributed by atoms with E-state index in [9.17, 15) is 4.79 Å². The highest BCUT2D eigenvalue weighted by molar-refractivity contribution is 5.85. The number of amides is 1. The third-order valence-corrected chi connectivity index (χ3v) is 4.40. The van der Waals surface area contributed by atoms with Gasteiger partial charge in [0.05, 0.1) is 0 Å². The molecule has 1 amide bonds. The van der Waals surface area contributed by atoms with E-state index in [-0.39, 0.29) is 12.5 Å². The SMILES string of the molecule is Cc1cc(C)c2c(c1C)OC(C)(C(=O)NCCCO)CC2. The third kappa shape index (κ3) is 3.05. The van der Waals surface area contributed by atoms with Crippen molar-refractivity contribution in [1.29, 1.82) is 0 Å². The van der Waals surface area contributed by atoms with E-state index in [1.54, 1.807) is 0 Å². The lowest BCUT2D eigenvalue weighted by molar-refractivity contribution is -0.136. The Balaban J connectivity index is 2.23. The van der Waals surface area contributed by atoms with Crippen LogP contribution in [0.5, 0.6) is 5.75 Å². The Bertz CT molecular complexity index is 553. The molecule has 1 aliphatic heterocycles. The molecule has 0 saturated carbocycles. The van der Waals surface area contributed by atoms with Crippen molar-refractivity contribution in [3.63, 3.8) is 0 Å². The second-order valence-electron chi connectivity index (χ2n) is 6.11. The number of aryl methyl sites for hydroxylation is 2. The maximum atomic E-state index is 12.4. The molecule has 0 aromatic heterocycles. The molecule has 1 aromatic carbocycles. The summed E-state index contributed by atoms with van der Waals surface area (Å²) in [7, 11) is 0. The lowest BCUT2D eigenvalue weighted by atomic mass is 9.87. The fourth-order valence-corrected chi connectivity index (χ4v) is 2.82. The number of rotatable bonds is 4. The number of carbonyl (C=O) groups is 1. The molecule has 2 N–H and O–H groups in total. The molecule has 0 radical (unpaired) electrons. The summed E-state index contributed by atoms with van der Waals surface area (Å²) < 4.78 is 6.13. The number of nitrogens with one attached hydrogen (secondary N) is 1. The van der Waals surface area contributed by atoms with Crippen LogP contribution in [0.1, 0.15) is 42.0 Å². The molecular formula is C17H25NO3. The molecule has 21 heavy (non-hydrogen) atoms. The fourth-order valence-electron chi connectivity index (χ4n) is 2.82. The Morgan fingerprint density at radius 3 is 2.76 bits per heavy atom. The Kier molecular flexibility index (Phi) is 4.57. The van der Waals surface area contributed by atoms with Crippen molar-refractivity contribution in [2.45, 2.75) is 52.6 Å². The quantitative estimate of drug-likeness (QED) is 0.836. The standard InChI is InChI=1S/C17H25NO3/c1-11-10-12(2)14-6-7-17(4,21-15(14)13(11)3)16(20)18-8-5-9-19/h10,19H,5-9H2,1-4H3,(H,18,20). The van der Waals surface area contributed by atoms with Crippen LogP contribution in [0.2, 0.25) is 0 Å². The van der Waals surface area contributed by atoms with E-state index in [0.29, 0.717) is 19.4 Å². The van der Waals surface area contributed by atoms with Crippen LogP contribution in [0, 0.1) is 20.8 Å². The molecular weight excluding hydrogens is 266 g/mol. The van der Waals surface area contributed by atoms with Gasteiger partial charge in [-0.2, -0.15) is 0 Å². The minimum atomic E-state index is -0.826. The summed E-state index contributed by atoms with van der Waals surface area (Å²) in [5, 5.41) is 11.6. The number of fused-ring (bicyclic) bond motifs is 1. The van der Waals surface area contributed by atoms with Gasteiger partial charge in [0.25, 0.3) is 5.91 Å². The maximum absolute atomic E-state index is 12.4. The highest BCUT2D eigenvalue weighted by Gasteiger charge is 2.39. The van der Waals surface area contributed by atoms with Crippen LogP contribution in [0.25, 0.3) is 0 Å². The van der Waals surface area contributed by atoms with Gasteiger partial charge in [0.1, 0.15) is 5.75 Å². The molecule has 0 spiro atoms. The molecule has 0 fully saturated rings. The van der Waals surface area contributed by atoms with Crippen LogP contribution >= 0.6 is 0 Å². The minimum Gasteiger partial charge on any atom is -0.477 e. The van der Waals surface area contributed by atoms with E-state index >= 15 is 0 Å². The second-order valence-corrected chi connectivity index (χ2v) is 6.11. The molecule has 116 valence electrons. The van der Waals surface area contributed by atoms with Crippen LogP contribution in [0.3, 0.4) is 0 Å². The summed E-state index contributed by atoms with van der Waals surface area (Å²) in [5.74, 6) is 0.777. The van der Waals surface area contributed by atoms with Crippen molar-refractivity contribution in [2.75, 3.05) is 13.2 Å². The molecule has 1 unspecified atom stereocenters. The van der Waals surface area contributed by atoms with Gasteiger partial charge in [-0.05, 0) is 62.8 Å². The first-order valence-corrected chi connectivity index (χ1v) is 7.57. The van der Waals surface area contributed by atoms with Crippen molar-refractivity contribution in [3.05, 3.63) is 28.3 Å². The first kappa shape index (κ1) is 15.8. The Labute approximate surface area is 126 Å². The van der Waals surface area contributed by atoms with E-state index < -0.39 is 5.60 Å². The lowest BCUT2D eigenvalue weighted by Crippen LogP contribution is -2.51. The zero-order valence-electron chi connectivity index (χ0n) is 13.4. The van der Waals surface area contributed by atoms with E-state index in [2.05, 4.69) is 25.2 Å². The molecule has 1 aromatic rings. The first-order valence-electron chi connectivity index (χ1n) is 7.57. The summed E-state index contributed by atoms with van der Waals surface area (Å²) in [6, 6.07) is 2.18. The average molecular weight is 291 g/mol. The highest BCUT2D eigenvalue weighted by Crippen LogP contribution is 2.39. The van der Waals surface area contributed by atoms with Crippen LogP contribution in [0.4, 0.5) is 0 Å². The van der Waals surface area contributed by atoms with Gasteiger partial charge in [-0.3, -0.25) is 4.79 Å². The van der Waals surface area contributed by atoms with E-state index in [1.807, 2.05) is 13.8 Å².